The molecule has 1 N–H and O–H groups in total. The zero-order chi connectivity index (χ0) is 14.9. The summed E-state index contributed by atoms with van der Waals surface area (Å²) in [7, 11) is 1.85. The van der Waals surface area contributed by atoms with E-state index >= 15 is 0 Å². The molecule has 2 atom stereocenters. The number of nitrogens with zero attached hydrogens (tertiary/aromatic N) is 3. The highest BCUT2D eigenvalue weighted by Crippen LogP contribution is 2.22. The summed E-state index contributed by atoms with van der Waals surface area (Å²) in [5.41, 5.74) is -0.191. The van der Waals surface area contributed by atoms with Crippen molar-refractivity contribution >= 4 is 5.97 Å². The van der Waals surface area contributed by atoms with Crippen LogP contribution in [0.15, 0.2) is 4.52 Å². The van der Waals surface area contributed by atoms with Crippen LogP contribution in [0.5, 0.6) is 0 Å². The Labute approximate surface area is 117 Å². The molecule has 1 aromatic rings. The van der Waals surface area contributed by atoms with E-state index in [1.54, 1.807) is 0 Å². The lowest BCUT2D eigenvalue weighted by molar-refractivity contribution is -0.143. The average Bonchev–Trinajstić information content (AvgIpc) is 2.95. The first-order valence-corrected chi connectivity index (χ1v) is 6.63. The summed E-state index contributed by atoms with van der Waals surface area (Å²) in [6.45, 7) is 7.11. The zero-order valence-electron chi connectivity index (χ0n) is 12.3. The fourth-order valence-electron chi connectivity index (χ4n) is 2.18. The summed E-state index contributed by atoms with van der Waals surface area (Å²) in [6, 6.07) is -0.163. The fraction of sp³-hybridized carbons (Fsp3) is 0.769. The maximum absolute atomic E-state index is 11.1. The first kappa shape index (κ1) is 14.9. The van der Waals surface area contributed by atoms with E-state index in [0.29, 0.717) is 24.9 Å². The number of likely N-dealkylation sites (N-methyl/N-ethyl adjacent to an activating group) is 1. The van der Waals surface area contributed by atoms with E-state index in [9.17, 15) is 4.79 Å². The molecule has 0 bridgehead atoms. The molecule has 0 amide bonds. The van der Waals surface area contributed by atoms with Gasteiger partial charge in [0.25, 0.3) is 0 Å². The minimum absolute atomic E-state index is 0.163. The monoisotopic (exact) mass is 283 g/mol. The molecule has 0 spiro atoms. The number of aromatic nitrogens is 2. The maximum Gasteiger partial charge on any atom is 0.310 e. The van der Waals surface area contributed by atoms with Crippen LogP contribution in [0.1, 0.15) is 32.5 Å². The van der Waals surface area contributed by atoms with Crippen LogP contribution in [0.25, 0.3) is 0 Å². The molecule has 0 aliphatic carbocycles. The minimum atomic E-state index is -0.831. The van der Waals surface area contributed by atoms with Gasteiger partial charge in [-0.3, -0.25) is 9.69 Å². The summed E-state index contributed by atoms with van der Waals surface area (Å²) in [5, 5.41) is 13.1. The summed E-state index contributed by atoms with van der Waals surface area (Å²) < 4.78 is 10.5. The van der Waals surface area contributed by atoms with Crippen LogP contribution in [-0.2, 0) is 21.5 Å². The van der Waals surface area contributed by atoms with Crippen molar-refractivity contribution in [3.63, 3.8) is 0 Å². The number of carboxylic acid groups (broad SMARTS) is 1. The lowest BCUT2D eigenvalue weighted by atomic mass is 9.97. The van der Waals surface area contributed by atoms with Gasteiger partial charge in [0.05, 0.1) is 25.7 Å². The van der Waals surface area contributed by atoms with Gasteiger partial charge in [0.1, 0.15) is 0 Å². The molecule has 112 valence electrons. The molecular formula is C13H21N3O4. The standard InChI is InChI=1S/C13H21N3O4/c1-13(2,3)12-14-10(15-20-12)5-16(4)9-7-19-6-8(9)11(17)18/h8-9H,5-7H2,1-4H3,(H,17,18). The van der Waals surface area contributed by atoms with Crippen LogP contribution in [0.4, 0.5) is 0 Å². The van der Waals surface area contributed by atoms with Gasteiger partial charge < -0.3 is 14.4 Å². The van der Waals surface area contributed by atoms with Gasteiger partial charge in [-0.15, -0.1) is 0 Å². The van der Waals surface area contributed by atoms with Crippen LogP contribution in [0.2, 0.25) is 0 Å². The van der Waals surface area contributed by atoms with E-state index in [1.807, 2.05) is 32.7 Å². The molecule has 7 heteroatoms. The predicted molar refractivity (Wildman–Crippen MR) is 70.2 cm³/mol. The van der Waals surface area contributed by atoms with Crippen molar-refractivity contribution in [2.45, 2.75) is 38.8 Å². The Balaban J connectivity index is 2.02. The van der Waals surface area contributed by atoms with E-state index in [-0.39, 0.29) is 18.1 Å². The van der Waals surface area contributed by atoms with Crippen molar-refractivity contribution in [2.75, 3.05) is 20.3 Å². The summed E-state index contributed by atoms with van der Waals surface area (Å²) in [5.74, 6) is -0.191. The zero-order valence-corrected chi connectivity index (χ0v) is 12.3. The Bertz CT molecular complexity index is 480. The first-order chi connectivity index (χ1) is 9.29. The van der Waals surface area contributed by atoms with E-state index in [2.05, 4.69) is 10.1 Å². The summed E-state index contributed by atoms with van der Waals surface area (Å²) in [6.07, 6.45) is 0. The van der Waals surface area contributed by atoms with Crippen molar-refractivity contribution in [3.8, 4) is 0 Å². The number of hydrogen-bond acceptors (Lipinski definition) is 6. The molecule has 1 aliphatic rings. The molecule has 7 nitrogen and oxygen atoms in total. The van der Waals surface area contributed by atoms with Crippen molar-refractivity contribution in [1.29, 1.82) is 0 Å². The quantitative estimate of drug-likeness (QED) is 0.878. The van der Waals surface area contributed by atoms with Crippen LogP contribution in [0, 0.1) is 5.92 Å². The van der Waals surface area contributed by atoms with Gasteiger partial charge in [-0.25, -0.2) is 0 Å². The molecule has 1 fully saturated rings. The molecule has 1 aromatic heterocycles. The van der Waals surface area contributed by atoms with Crippen LogP contribution in [0.3, 0.4) is 0 Å². The largest absolute Gasteiger partial charge is 0.481 e. The van der Waals surface area contributed by atoms with Gasteiger partial charge >= 0.3 is 5.97 Å². The Morgan fingerprint density at radius 3 is 2.70 bits per heavy atom. The third kappa shape index (κ3) is 3.16. The number of ether oxygens (including phenoxy) is 1. The van der Waals surface area contributed by atoms with Gasteiger partial charge in [-0.2, -0.15) is 4.98 Å². The maximum atomic E-state index is 11.1. The lowest BCUT2D eigenvalue weighted by Crippen LogP contribution is -2.40. The highest BCUT2D eigenvalue weighted by atomic mass is 16.5. The minimum Gasteiger partial charge on any atom is -0.481 e. The average molecular weight is 283 g/mol. The van der Waals surface area contributed by atoms with Crippen molar-refractivity contribution in [1.82, 2.24) is 15.0 Å². The third-order valence-corrected chi connectivity index (χ3v) is 3.43. The number of carbonyl (C=O) groups is 1. The van der Waals surface area contributed by atoms with Gasteiger partial charge in [0.15, 0.2) is 5.82 Å². The Kier molecular flexibility index (Phi) is 4.10. The van der Waals surface area contributed by atoms with Gasteiger partial charge in [-0.1, -0.05) is 25.9 Å². The van der Waals surface area contributed by atoms with Crippen LogP contribution >= 0.6 is 0 Å². The fourth-order valence-corrected chi connectivity index (χ4v) is 2.18. The Hall–Kier alpha value is -1.47. The molecule has 0 saturated carbocycles. The molecule has 2 heterocycles. The smallest absolute Gasteiger partial charge is 0.310 e. The Morgan fingerprint density at radius 1 is 1.45 bits per heavy atom. The Morgan fingerprint density at radius 2 is 2.15 bits per heavy atom. The van der Waals surface area contributed by atoms with Gasteiger partial charge in [-0.05, 0) is 7.05 Å². The van der Waals surface area contributed by atoms with Crippen molar-refractivity contribution < 1.29 is 19.2 Å². The van der Waals surface area contributed by atoms with Gasteiger partial charge in [0.2, 0.25) is 5.89 Å². The molecule has 2 unspecified atom stereocenters. The normalized spacial score (nSPS) is 23.4. The predicted octanol–water partition coefficient (Wildman–Crippen LogP) is 0.898. The number of aliphatic carboxylic acids is 1. The van der Waals surface area contributed by atoms with E-state index in [4.69, 9.17) is 14.4 Å². The topological polar surface area (TPSA) is 88.7 Å². The van der Waals surface area contributed by atoms with Crippen LogP contribution < -0.4 is 0 Å². The molecular weight excluding hydrogens is 262 g/mol. The van der Waals surface area contributed by atoms with Crippen LogP contribution in [-0.4, -0.2) is 52.4 Å². The highest BCUT2D eigenvalue weighted by molar-refractivity contribution is 5.71. The first-order valence-electron chi connectivity index (χ1n) is 6.63. The molecule has 0 aromatic carbocycles. The van der Waals surface area contributed by atoms with Gasteiger partial charge in [0, 0.05) is 11.5 Å². The summed E-state index contributed by atoms with van der Waals surface area (Å²) in [4.78, 5) is 17.4. The van der Waals surface area contributed by atoms with E-state index < -0.39 is 11.9 Å². The summed E-state index contributed by atoms with van der Waals surface area (Å²) >= 11 is 0. The molecule has 2 rings (SSSR count). The third-order valence-electron chi connectivity index (χ3n) is 3.43. The second kappa shape index (κ2) is 5.49. The molecule has 0 radical (unpaired) electrons. The van der Waals surface area contributed by atoms with Crippen molar-refractivity contribution in [3.05, 3.63) is 11.7 Å². The molecule has 1 aliphatic heterocycles. The molecule has 1 saturated heterocycles. The second-order valence-corrected chi connectivity index (χ2v) is 6.23. The lowest BCUT2D eigenvalue weighted by Gasteiger charge is -2.24. The van der Waals surface area contributed by atoms with Crippen molar-refractivity contribution in [2.24, 2.45) is 5.92 Å². The number of rotatable bonds is 4. The SMILES string of the molecule is CN(Cc1noc(C(C)(C)C)n1)C1COCC1C(=O)O. The second-order valence-electron chi connectivity index (χ2n) is 6.23. The number of hydrogen-bond donors (Lipinski definition) is 1. The number of carboxylic acids is 1. The highest BCUT2D eigenvalue weighted by Gasteiger charge is 2.37. The molecule has 20 heavy (non-hydrogen) atoms. The van der Waals surface area contributed by atoms with E-state index in [1.165, 1.54) is 0 Å². The van der Waals surface area contributed by atoms with E-state index in [0.717, 1.165) is 0 Å².